The first kappa shape index (κ1) is 29.7. The van der Waals surface area contributed by atoms with Crippen LogP contribution < -0.4 is 10.2 Å². The summed E-state index contributed by atoms with van der Waals surface area (Å²) in [6.45, 7) is 5.01. The number of carbonyl (C=O) groups is 1. The van der Waals surface area contributed by atoms with Crippen molar-refractivity contribution in [1.29, 1.82) is 0 Å². The molecule has 0 aromatic heterocycles. The Bertz CT molecular complexity index is 649. The lowest BCUT2D eigenvalue weighted by molar-refractivity contribution is -0.121. The molecule has 0 heterocycles. The minimum absolute atomic E-state index is 0.0213. The molecule has 4 nitrogen and oxygen atoms in total. The van der Waals surface area contributed by atoms with Crippen molar-refractivity contribution in [3.8, 4) is 5.75 Å². The molecule has 5 heteroatoms. The van der Waals surface area contributed by atoms with Gasteiger partial charge >= 0.3 is 0 Å². The number of ether oxygens (including phenoxy) is 1. The van der Waals surface area contributed by atoms with Crippen LogP contribution in [0.5, 0.6) is 5.75 Å². The van der Waals surface area contributed by atoms with Crippen LogP contribution in [0.15, 0.2) is 27.8 Å². The van der Waals surface area contributed by atoms with E-state index in [2.05, 4.69) is 40.3 Å². The average molecular weight is 524 g/mol. The van der Waals surface area contributed by atoms with Crippen LogP contribution in [0.25, 0.3) is 0 Å². The molecular formula is C28H47BrN2O2. The monoisotopic (exact) mass is 522 g/mol. The SMILES string of the molecule is CCCCCCCCCCCCCCCCCC(=O)N/N=C\c1cc(Br)ccc1OCCC. The Morgan fingerprint density at radius 3 is 1.94 bits per heavy atom. The van der Waals surface area contributed by atoms with Gasteiger partial charge in [0.05, 0.1) is 12.8 Å². The molecule has 0 aliphatic heterocycles. The molecule has 0 fully saturated rings. The maximum atomic E-state index is 12.0. The molecular weight excluding hydrogens is 476 g/mol. The summed E-state index contributed by atoms with van der Waals surface area (Å²) in [5.74, 6) is 0.757. The summed E-state index contributed by atoms with van der Waals surface area (Å²) in [7, 11) is 0. The molecule has 1 N–H and O–H groups in total. The van der Waals surface area contributed by atoms with E-state index < -0.39 is 0 Å². The minimum atomic E-state index is -0.0213. The number of amides is 1. The summed E-state index contributed by atoms with van der Waals surface area (Å²) >= 11 is 3.47. The molecule has 1 amide bonds. The Kier molecular flexibility index (Phi) is 19.1. The third-order valence-electron chi connectivity index (χ3n) is 5.83. The summed E-state index contributed by atoms with van der Waals surface area (Å²) in [5, 5.41) is 4.11. The second-order valence-corrected chi connectivity index (χ2v) is 9.94. The van der Waals surface area contributed by atoms with Crippen molar-refractivity contribution in [2.24, 2.45) is 5.10 Å². The molecule has 0 atom stereocenters. The van der Waals surface area contributed by atoms with Gasteiger partial charge in [0, 0.05) is 16.5 Å². The Labute approximate surface area is 211 Å². The highest BCUT2D eigenvalue weighted by molar-refractivity contribution is 9.10. The summed E-state index contributed by atoms with van der Waals surface area (Å²) in [5.41, 5.74) is 3.50. The van der Waals surface area contributed by atoms with Gasteiger partial charge in [-0.25, -0.2) is 5.43 Å². The van der Waals surface area contributed by atoms with E-state index >= 15 is 0 Å². The van der Waals surface area contributed by atoms with Crippen LogP contribution in [0, 0.1) is 0 Å². The molecule has 188 valence electrons. The third-order valence-corrected chi connectivity index (χ3v) is 6.33. The maximum absolute atomic E-state index is 12.0. The number of carbonyl (C=O) groups excluding carboxylic acids is 1. The molecule has 0 spiro atoms. The molecule has 0 aliphatic carbocycles. The standard InChI is InChI=1S/C28H47BrN2O2/c1-3-5-6-7-8-9-10-11-12-13-14-15-16-17-18-19-28(32)31-30-24-25-23-26(29)20-21-27(25)33-22-4-2/h20-21,23-24H,3-19,22H2,1-2H3,(H,31,32)/b30-24-. The van der Waals surface area contributed by atoms with E-state index in [9.17, 15) is 4.79 Å². The Morgan fingerprint density at radius 1 is 0.848 bits per heavy atom. The number of unbranched alkanes of at least 4 members (excludes halogenated alkanes) is 14. The van der Waals surface area contributed by atoms with Crippen LogP contribution in [-0.4, -0.2) is 18.7 Å². The Hall–Kier alpha value is -1.36. The number of hydrogen-bond donors (Lipinski definition) is 1. The third kappa shape index (κ3) is 16.8. The first-order chi connectivity index (χ1) is 16.2. The van der Waals surface area contributed by atoms with Gasteiger partial charge in [0.1, 0.15) is 5.75 Å². The highest BCUT2D eigenvalue weighted by Gasteiger charge is 2.04. The van der Waals surface area contributed by atoms with E-state index in [1.165, 1.54) is 83.5 Å². The van der Waals surface area contributed by atoms with Crippen molar-refractivity contribution in [3.63, 3.8) is 0 Å². The lowest BCUT2D eigenvalue weighted by Crippen LogP contribution is -2.17. The first-order valence-corrected chi connectivity index (χ1v) is 14.2. The fraction of sp³-hybridized carbons (Fsp3) is 0.714. The molecule has 1 aromatic rings. The van der Waals surface area contributed by atoms with Crippen LogP contribution in [0.4, 0.5) is 0 Å². The summed E-state index contributed by atoms with van der Waals surface area (Å²) < 4.78 is 6.69. The van der Waals surface area contributed by atoms with Gasteiger partial charge in [0.25, 0.3) is 0 Å². The first-order valence-electron chi connectivity index (χ1n) is 13.4. The molecule has 0 unspecified atom stereocenters. The quantitative estimate of drug-likeness (QED) is 0.0993. The number of nitrogens with zero attached hydrogens (tertiary/aromatic N) is 1. The van der Waals surface area contributed by atoms with Crippen LogP contribution in [0.1, 0.15) is 129 Å². The second kappa shape index (κ2) is 21.2. The largest absolute Gasteiger partial charge is 0.493 e. The van der Waals surface area contributed by atoms with E-state index in [1.54, 1.807) is 6.21 Å². The lowest BCUT2D eigenvalue weighted by Gasteiger charge is -2.08. The molecule has 0 radical (unpaired) electrons. The minimum Gasteiger partial charge on any atom is -0.493 e. The molecule has 0 bridgehead atoms. The smallest absolute Gasteiger partial charge is 0.240 e. The van der Waals surface area contributed by atoms with Crippen LogP contribution in [-0.2, 0) is 4.79 Å². The van der Waals surface area contributed by atoms with Crippen LogP contribution >= 0.6 is 15.9 Å². The van der Waals surface area contributed by atoms with Crippen molar-refractivity contribution in [2.75, 3.05) is 6.61 Å². The number of hydrazone groups is 1. The Morgan fingerprint density at radius 2 is 1.39 bits per heavy atom. The van der Waals surface area contributed by atoms with Gasteiger partial charge in [-0.3, -0.25) is 4.79 Å². The second-order valence-electron chi connectivity index (χ2n) is 9.02. The summed E-state index contributed by atoms with van der Waals surface area (Å²) in [6, 6.07) is 5.80. The summed E-state index contributed by atoms with van der Waals surface area (Å²) in [6.07, 6.45) is 23.1. The fourth-order valence-electron chi connectivity index (χ4n) is 3.85. The predicted molar refractivity (Wildman–Crippen MR) is 145 cm³/mol. The molecule has 0 saturated heterocycles. The Balaban J connectivity index is 2.00. The van der Waals surface area contributed by atoms with Crippen molar-refractivity contribution >= 4 is 28.1 Å². The highest BCUT2D eigenvalue weighted by Crippen LogP contribution is 2.22. The normalized spacial score (nSPS) is 11.2. The van der Waals surface area contributed by atoms with Crippen molar-refractivity contribution < 1.29 is 9.53 Å². The number of benzene rings is 1. The number of nitrogens with one attached hydrogen (secondary N) is 1. The van der Waals surface area contributed by atoms with E-state index in [0.29, 0.717) is 13.0 Å². The van der Waals surface area contributed by atoms with Crippen molar-refractivity contribution in [1.82, 2.24) is 5.43 Å². The zero-order valence-electron chi connectivity index (χ0n) is 21.2. The lowest BCUT2D eigenvalue weighted by atomic mass is 10.0. The van der Waals surface area contributed by atoms with E-state index in [0.717, 1.165) is 35.0 Å². The molecule has 1 aromatic carbocycles. The van der Waals surface area contributed by atoms with E-state index in [1.807, 2.05) is 18.2 Å². The van der Waals surface area contributed by atoms with Gasteiger partial charge in [-0.15, -0.1) is 0 Å². The fourth-order valence-corrected chi connectivity index (χ4v) is 4.23. The van der Waals surface area contributed by atoms with Crippen LogP contribution in [0.2, 0.25) is 0 Å². The van der Waals surface area contributed by atoms with Gasteiger partial charge in [0.15, 0.2) is 0 Å². The van der Waals surface area contributed by atoms with E-state index in [-0.39, 0.29) is 5.91 Å². The van der Waals surface area contributed by atoms with E-state index in [4.69, 9.17) is 4.74 Å². The average Bonchev–Trinajstić information content (AvgIpc) is 2.81. The highest BCUT2D eigenvalue weighted by atomic mass is 79.9. The van der Waals surface area contributed by atoms with Gasteiger partial charge in [-0.05, 0) is 31.0 Å². The maximum Gasteiger partial charge on any atom is 0.240 e. The molecule has 0 saturated carbocycles. The number of hydrogen-bond acceptors (Lipinski definition) is 3. The predicted octanol–water partition coefficient (Wildman–Crippen LogP) is 8.95. The van der Waals surface area contributed by atoms with Crippen molar-refractivity contribution in [3.05, 3.63) is 28.2 Å². The summed E-state index contributed by atoms with van der Waals surface area (Å²) in [4.78, 5) is 12.0. The molecule has 1 rings (SSSR count). The zero-order chi connectivity index (χ0) is 24.0. The van der Waals surface area contributed by atoms with Crippen LogP contribution in [0.3, 0.4) is 0 Å². The van der Waals surface area contributed by atoms with Gasteiger partial charge in [-0.2, -0.15) is 5.10 Å². The number of rotatable bonds is 21. The zero-order valence-corrected chi connectivity index (χ0v) is 22.8. The van der Waals surface area contributed by atoms with Gasteiger partial charge in [0.2, 0.25) is 5.91 Å². The van der Waals surface area contributed by atoms with Gasteiger partial charge in [-0.1, -0.05) is 120 Å². The topological polar surface area (TPSA) is 50.7 Å². The molecule has 33 heavy (non-hydrogen) atoms. The number of halogens is 1. The molecule has 0 aliphatic rings. The van der Waals surface area contributed by atoms with Gasteiger partial charge < -0.3 is 4.74 Å². The van der Waals surface area contributed by atoms with Crippen molar-refractivity contribution in [2.45, 2.75) is 123 Å².